The van der Waals surface area contributed by atoms with Crippen molar-refractivity contribution >= 4 is 0 Å². The lowest BCUT2D eigenvalue weighted by atomic mass is 9.99. The number of nitrogens with zero attached hydrogens (tertiary/aromatic N) is 1. The van der Waals surface area contributed by atoms with E-state index in [0.717, 1.165) is 12.8 Å². The molecule has 2 atom stereocenters. The molecule has 0 aromatic heterocycles. The first kappa shape index (κ1) is 17.2. The van der Waals surface area contributed by atoms with Crippen LogP contribution in [0, 0.1) is 0 Å². The molecule has 0 N–H and O–H groups in total. The monoisotopic (exact) mass is 297 g/mol. The third kappa shape index (κ3) is 5.54. The number of piperidine rings is 1. The van der Waals surface area contributed by atoms with Crippen LogP contribution in [-0.4, -0.2) is 47.4 Å². The summed E-state index contributed by atoms with van der Waals surface area (Å²) in [5.74, 6) is 0. The maximum Gasteiger partial charge on any atom is 0.0607 e. The maximum absolute atomic E-state index is 6.35. The van der Waals surface area contributed by atoms with Crippen LogP contribution in [0.15, 0.2) is 0 Å². The molecule has 124 valence electrons. The van der Waals surface area contributed by atoms with Crippen LogP contribution in [0.25, 0.3) is 0 Å². The van der Waals surface area contributed by atoms with Crippen molar-refractivity contribution in [2.45, 2.75) is 103 Å². The summed E-state index contributed by atoms with van der Waals surface area (Å²) in [6, 6.07) is 0. The lowest BCUT2D eigenvalue weighted by Crippen LogP contribution is -2.48. The molecule has 3 nitrogen and oxygen atoms in total. The summed E-state index contributed by atoms with van der Waals surface area (Å²) in [4.78, 5) is 2.58. The van der Waals surface area contributed by atoms with E-state index in [2.05, 4.69) is 46.4 Å². The van der Waals surface area contributed by atoms with Crippen molar-refractivity contribution in [1.82, 2.24) is 4.90 Å². The largest absolute Gasteiger partial charge is 0.375 e. The van der Waals surface area contributed by atoms with Gasteiger partial charge in [-0.2, -0.15) is 0 Å². The summed E-state index contributed by atoms with van der Waals surface area (Å²) in [5.41, 5.74) is 0.265. The van der Waals surface area contributed by atoms with Crippen LogP contribution < -0.4 is 0 Å². The fraction of sp³-hybridized carbons (Fsp3) is 1.00. The summed E-state index contributed by atoms with van der Waals surface area (Å²) >= 11 is 0. The zero-order valence-electron chi connectivity index (χ0n) is 14.9. The Morgan fingerprint density at radius 3 is 1.86 bits per heavy atom. The van der Waals surface area contributed by atoms with Crippen LogP contribution in [0.3, 0.4) is 0 Å². The molecule has 0 radical (unpaired) electrons. The van der Waals surface area contributed by atoms with Crippen molar-refractivity contribution in [3.05, 3.63) is 0 Å². The molecule has 0 aromatic rings. The topological polar surface area (TPSA) is 21.7 Å². The minimum Gasteiger partial charge on any atom is -0.375 e. The molecule has 0 amide bonds. The Kier molecular flexibility index (Phi) is 5.38. The van der Waals surface area contributed by atoms with E-state index in [0.29, 0.717) is 23.9 Å². The first-order chi connectivity index (χ1) is 9.63. The fourth-order valence-corrected chi connectivity index (χ4v) is 3.57. The van der Waals surface area contributed by atoms with Crippen LogP contribution in [0.5, 0.6) is 0 Å². The molecule has 1 saturated carbocycles. The van der Waals surface area contributed by atoms with E-state index >= 15 is 0 Å². The van der Waals surface area contributed by atoms with E-state index in [9.17, 15) is 0 Å². The molecule has 0 bridgehead atoms. The van der Waals surface area contributed by atoms with Gasteiger partial charge in [0, 0.05) is 18.6 Å². The normalized spacial score (nSPS) is 30.0. The summed E-state index contributed by atoms with van der Waals surface area (Å²) in [5, 5.41) is 0. The second-order valence-corrected chi connectivity index (χ2v) is 8.78. The molecule has 1 saturated heterocycles. The molecular weight excluding hydrogens is 262 g/mol. The van der Waals surface area contributed by atoms with Gasteiger partial charge in [-0.15, -0.1) is 0 Å². The predicted octanol–water partition coefficient (Wildman–Crippen LogP) is 4.00. The minimum absolute atomic E-state index is 0.0302. The first-order valence-corrected chi connectivity index (χ1v) is 8.72. The second-order valence-electron chi connectivity index (χ2n) is 8.78. The Morgan fingerprint density at radius 2 is 1.33 bits per heavy atom. The molecule has 2 aliphatic rings. The van der Waals surface area contributed by atoms with Crippen LogP contribution >= 0.6 is 0 Å². The van der Waals surface area contributed by atoms with Crippen LogP contribution in [-0.2, 0) is 9.47 Å². The van der Waals surface area contributed by atoms with E-state index in [-0.39, 0.29) is 5.60 Å². The number of rotatable bonds is 3. The highest BCUT2D eigenvalue weighted by Crippen LogP contribution is 2.31. The van der Waals surface area contributed by atoms with Crippen molar-refractivity contribution in [2.24, 2.45) is 0 Å². The average Bonchev–Trinajstić information content (AvgIpc) is 2.73. The van der Waals surface area contributed by atoms with Gasteiger partial charge in [0.25, 0.3) is 0 Å². The van der Waals surface area contributed by atoms with Gasteiger partial charge in [-0.05, 0) is 73.6 Å². The van der Waals surface area contributed by atoms with Crippen LogP contribution in [0.1, 0.15) is 73.6 Å². The highest BCUT2D eigenvalue weighted by atomic mass is 16.5. The zero-order valence-corrected chi connectivity index (χ0v) is 14.9. The van der Waals surface area contributed by atoms with Gasteiger partial charge in [-0.1, -0.05) is 0 Å². The number of likely N-dealkylation sites (tertiary alicyclic amines) is 1. The van der Waals surface area contributed by atoms with Crippen molar-refractivity contribution in [1.29, 1.82) is 0 Å². The summed E-state index contributed by atoms with van der Waals surface area (Å²) in [6.07, 6.45) is 7.03. The predicted molar refractivity (Wildman–Crippen MR) is 87.7 cm³/mol. The molecule has 1 aliphatic carbocycles. The molecule has 3 heteroatoms. The second kappa shape index (κ2) is 6.55. The summed E-state index contributed by atoms with van der Waals surface area (Å²) < 4.78 is 12.4. The molecule has 0 aromatic carbocycles. The molecule has 1 aliphatic heterocycles. The third-order valence-corrected chi connectivity index (χ3v) is 4.63. The Labute approximate surface area is 131 Å². The standard InChI is InChI=1S/C18H35NO2/c1-17(2,3)19-11-9-14(10-12-19)20-15-7-8-16(13-15)21-18(4,5)6/h14-16H,7-13H2,1-6H3/t15-,16-/m1/s1. The van der Waals surface area contributed by atoms with Gasteiger partial charge in [0.15, 0.2) is 0 Å². The molecule has 2 fully saturated rings. The Hall–Kier alpha value is -0.120. The summed E-state index contributed by atoms with van der Waals surface area (Å²) in [7, 11) is 0. The molecule has 2 rings (SSSR count). The SMILES string of the molecule is CC(C)(C)O[C@@H]1CC[C@@H](OC2CCN(C(C)(C)C)CC2)C1. The van der Waals surface area contributed by atoms with Crippen molar-refractivity contribution in [3.63, 3.8) is 0 Å². The molecular formula is C18H35NO2. The van der Waals surface area contributed by atoms with Gasteiger partial charge in [0.1, 0.15) is 0 Å². The molecule has 0 unspecified atom stereocenters. The lowest BCUT2D eigenvalue weighted by Gasteiger charge is -2.41. The van der Waals surface area contributed by atoms with Gasteiger partial charge in [0.05, 0.1) is 23.9 Å². The number of hydrogen-bond acceptors (Lipinski definition) is 3. The van der Waals surface area contributed by atoms with Gasteiger partial charge in [-0.25, -0.2) is 0 Å². The van der Waals surface area contributed by atoms with E-state index in [4.69, 9.17) is 9.47 Å². The summed E-state index contributed by atoms with van der Waals surface area (Å²) in [6.45, 7) is 15.7. The lowest BCUT2D eigenvalue weighted by molar-refractivity contribution is -0.0785. The van der Waals surface area contributed by atoms with Crippen molar-refractivity contribution < 1.29 is 9.47 Å². The van der Waals surface area contributed by atoms with Gasteiger partial charge in [0.2, 0.25) is 0 Å². The van der Waals surface area contributed by atoms with Crippen LogP contribution in [0.4, 0.5) is 0 Å². The van der Waals surface area contributed by atoms with E-state index < -0.39 is 0 Å². The van der Waals surface area contributed by atoms with Crippen LogP contribution in [0.2, 0.25) is 0 Å². The molecule has 0 spiro atoms. The van der Waals surface area contributed by atoms with Gasteiger partial charge < -0.3 is 9.47 Å². The fourth-order valence-electron chi connectivity index (χ4n) is 3.57. The maximum atomic E-state index is 6.35. The Bertz CT molecular complexity index is 321. The molecule has 21 heavy (non-hydrogen) atoms. The molecule has 1 heterocycles. The quantitative estimate of drug-likeness (QED) is 0.786. The van der Waals surface area contributed by atoms with Gasteiger partial charge in [-0.3, -0.25) is 4.90 Å². The Morgan fingerprint density at radius 1 is 0.762 bits per heavy atom. The first-order valence-electron chi connectivity index (χ1n) is 8.72. The van der Waals surface area contributed by atoms with Crippen molar-refractivity contribution in [3.8, 4) is 0 Å². The van der Waals surface area contributed by atoms with E-state index in [1.165, 1.54) is 32.4 Å². The highest BCUT2D eigenvalue weighted by Gasteiger charge is 2.33. The minimum atomic E-state index is -0.0302. The van der Waals surface area contributed by atoms with E-state index in [1.54, 1.807) is 0 Å². The third-order valence-electron chi connectivity index (χ3n) is 4.63. The van der Waals surface area contributed by atoms with Crippen molar-refractivity contribution in [2.75, 3.05) is 13.1 Å². The highest BCUT2D eigenvalue weighted by molar-refractivity contribution is 4.84. The smallest absolute Gasteiger partial charge is 0.0607 e. The zero-order chi connectivity index (χ0) is 15.7. The average molecular weight is 297 g/mol. The van der Waals surface area contributed by atoms with Gasteiger partial charge >= 0.3 is 0 Å². The number of hydrogen-bond donors (Lipinski definition) is 0. The van der Waals surface area contributed by atoms with E-state index in [1.807, 2.05) is 0 Å². The Balaban J connectivity index is 1.70. The number of ether oxygens (including phenoxy) is 2.